The second-order valence-corrected chi connectivity index (χ2v) is 11.2. The minimum Gasteiger partial charge on any atom is -0.348 e. The van der Waals surface area contributed by atoms with E-state index in [2.05, 4.69) is 26.1 Å². The van der Waals surface area contributed by atoms with Crippen molar-refractivity contribution in [3.05, 3.63) is 65.5 Å². The average molecular weight is 462 g/mol. The van der Waals surface area contributed by atoms with Crippen LogP contribution in [0.2, 0.25) is 0 Å². The Balaban J connectivity index is 1.52. The Morgan fingerprint density at radius 3 is 2.09 bits per heavy atom. The number of nitrogens with one attached hydrogen (secondary N) is 1. The molecule has 1 fully saturated rings. The third-order valence-corrected chi connectivity index (χ3v) is 7.72. The first-order valence-corrected chi connectivity index (χ1v) is 12.3. The minimum absolute atomic E-state index is 0.0390. The molecule has 1 aliphatic heterocycles. The fraction of sp³-hybridized carbons (Fsp3) is 0.458. The number of hydrogen-bond donors (Lipinski definition) is 1. The lowest BCUT2D eigenvalue weighted by atomic mass is 9.87. The molecule has 1 N–H and O–H groups in total. The van der Waals surface area contributed by atoms with Crippen LogP contribution in [0.4, 0.5) is 4.39 Å². The Morgan fingerprint density at radius 1 is 1.00 bits per heavy atom. The van der Waals surface area contributed by atoms with Crippen molar-refractivity contribution in [3.63, 3.8) is 0 Å². The maximum absolute atomic E-state index is 13.1. The van der Waals surface area contributed by atoms with E-state index in [9.17, 15) is 17.6 Å². The molecule has 0 saturated carbocycles. The second kappa shape index (κ2) is 9.68. The molecule has 2 aromatic carbocycles. The summed E-state index contributed by atoms with van der Waals surface area (Å²) in [6.07, 6.45) is 0. The van der Waals surface area contributed by atoms with Gasteiger partial charge in [-0.3, -0.25) is 9.69 Å². The second-order valence-electron chi connectivity index (χ2n) is 9.30. The molecule has 0 spiro atoms. The van der Waals surface area contributed by atoms with E-state index in [1.807, 2.05) is 24.0 Å². The topological polar surface area (TPSA) is 69.7 Å². The van der Waals surface area contributed by atoms with Crippen LogP contribution in [-0.4, -0.2) is 56.3 Å². The summed E-state index contributed by atoms with van der Waals surface area (Å²) in [6.45, 7) is 9.95. The highest BCUT2D eigenvalue weighted by molar-refractivity contribution is 7.89. The van der Waals surface area contributed by atoms with E-state index in [0.29, 0.717) is 31.1 Å². The van der Waals surface area contributed by atoms with Crippen LogP contribution in [0.3, 0.4) is 0 Å². The molecule has 8 heteroatoms. The molecule has 2 aromatic rings. The number of rotatable bonds is 6. The van der Waals surface area contributed by atoms with Crippen LogP contribution >= 0.6 is 0 Å². The Hall–Kier alpha value is -2.29. The Labute approximate surface area is 190 Å². The predicted octanol–water partition coefficient (Wildman–Crippen LogP) is 3.31. The van der Waals surface area contributed by atoms with Crippen LogP contribution in [0, 0.1) is 5.82 Å². The predicted molar refractivity (Wildman–Crippen MR) is 123 cm³/mol. The lowest BCUT2D eigenvalue weighted by Gasteiger charge is -2.33. The van der Waals surface area contributed by atoms with Crippen molar-refractivity contribution < 1.29 is 17.6 Å². The SMILES string of the molecule is CC(NC(=O)CN1CCN(S(=O)(=O)c2ccc(C(C)(C)C)cc2)CC1)c1ccc(F)cc1. The van der Waals surface area contributed by atoms with Gasteiger partial charge >= 0.3 is 0 Å². The maximum atomic E-state index is 13.1. The highest BCUT2D eigenvalue weighted by atomic mass is 32.2. The number of hydrogen-bond acceptors (Lipinski definition) is 4. The zero-order chi connectivity index (χ0) is 23.5. The highest BCUT2D eigenvalue weighted by Crippen LogP contribution is 2.25. The molecule has 1 heterocycles. The van der Waals surface area contributed by atoms with Gasteiger partial charge in [0, 0.05) is 26.2 Å². The van der Waals surface area contributed by atoms with Crippen molar-refractivity contribution in [1.82, 2.24) is 14.5 Å². The fourth-order valence-electron chi connectivity index (χ4n) is 3.73. The number of carbonyl (C=O) groups excluding carboxylic acids is 1. The van der Waals surface area contributed by atoms with E-state index in [-0.39, 0.29) is 29.7 Å². The molecular formula is C24H32FN3O3S. The summed E-state index contributed by atoms with van der Waals surface area (Å²) >= 11 is 0. The van der Waals surface area contributed by atoms with Gasteiger partial charge < -0.3 is 5.32 Å². The van der Waals surface area contributed by atoms with Gasteiger partial charge in [0.2, 0.25) is 15.9 Å². The van der Waals surface area contributed by atoms with Crippen molar-refractivity contribution in [3.8, 4) is 0 Å². The summed E-state index contributed by atoms with van der Waals surface area (Å²) in [5, 5.41) is 2.91. The molecule has 0 bridgehead atoms. The lowest BCUT2D eigenvalue weighted by molar-refractivity contribution is -0.123. The zero-order valence-electron chi connectivity index (χ0n) is 19.1. The molecule has 174 valence electrons. The van der Waals surface area contributed by atoms with Gasteiger partial charge in [-0.15, -0.1) is 0 Å². The lowest BCUT2D eigenvalue weighted by Crippen LogP contribution is -2.51. The van der Waals surface area contributed by atoms with Gasteiger partial charge in [-0.05, 0) is 47.7 Å². The summed E-state index contributed by atoms with van der Waals surface area (Å²) in [7, 11) is -3.56. The summed E-state index contributed by atoms with van der Waals surface area (Å²) in [5.41, 5.74) is 1.87. The Kier molecular flexibility index (Phi) is 7.37. The van der Waals surface area contributed by atoms with E-state index in [4.69, 9.17) is 0 Å². The van der Waals surface area contributed by atoms with Crippen LogP contribution in [0.1, 0.15) is 44.9 Å². The largest absolute Gasteiger partial charge is 0.348 e. The van der Waals surface area contributed by atoms with Crippen molar-refractivity contribution in [1.29, 1.82) is 0 Å². The first-order valence-electron chi connectivity index (χ1n) is 10.8. The summed E-state index contributed by atoms with van der Waals surface area (Å²) in [6, 6.07) is 12.9. The van der Waals surface area contributed by atoms with Gasteiger partial charge in [0.1, 0.15) is 5.82 Å². The van der Waals surface area contributed by atoms with Gasteiger partial charge in [-0.1, -0.05) is 45.0 Å². The number of nitrogens with zero attached hydrogens (tertiary/aromatic N) is 2. The van der Waals surface area contributed by atoms with Crippen molar-refractivity contribution in [2.45, 2.75) is 44.0 Å². The first kappa shape index (κ1) is 24.4. The maximum Gasteiger partial charge on any atom is 0.243 e. The van der Waals surface area contributed by atoms with Crippen LogP contribution in [-0.2, 0) is 20.2 Å². The molecule has 1 amide bonds. The molecule has 1 saturated heterocycles. The number of halogens is 1. The highest BCUT2D eigenvalue weighted by Gasteiger charge is 2.29. The smallest absolute Gasteiger partial charge is 0.243 e. The standard InChI is InChI=1S/C24H32FN3O3S/c1-18(19-5-9-21(25)10-6-19)26-23(29)17-27-13-15-28(16-14-27)32(30,31)22-11-7-20(8-12-22)24(2,3)4/h5-12,18H,13-17H2,1-4H3,(H,26,29). The molecule has 3 rings (SSSR count). The molecule has 0 radical (unpaired) electrons. The van der Waals surface area contributed by atoms with Crippen LogP contribution in [0.25, 0.3) is 0 Å². The molecule has 0 aliphatic carbocycles. The number of amides is 1. The van der Waals surface area contributed by atoms with Crippen LogP contribution in [0.15, 0.2) is 53.4 Å². The summed E-state index contributed by atoms with van der Waals surface area (Å²) in [5.74, 6) is -0.457. The molecule has 1 atom stereocenters. The normalized spacial score (nSPS) is 17.2. The van der Waals surface area contributed by atoms with Gasteiger partial charge in [0.05, 0.1) is 17.5 Å². The van der Waals surface area contributed by atoms with Crippen molar-refractivity contribution >= 4 is 15.9 Å². The van der Waals surface area contributed by atoms with Gasteiger partial charge in [-0.25, -0.2) is 12.8 Å². The van der Waals surface area contributed by atoms with Gasteiger partial charge in [-0.2, -0.15) is 4.31 Å². The third kappa shape index (κ3) is 5.94. The van der Waals surface area contributed by atoms with Gasteiger partial charge in [0.25, 0.3) is 0 Å². The summed E-state index contributed by atoms with van der Waals surface area (Å²) in [4.78, 5) is 14.7. The molecule has 1 unspecified atom stereocenters. The Morgan fingerprint density at radius 2 is 1.56 bits per heavy atom. The van der Waals surface area contributed by atoms with E-state index in [0.717, 1.165) is 11.1 Å². The minimum atomic E-state index is -3.56. The molecule has 6 nitrogen and oxygen atoms in total. The van der Waals surface area contributed by atoms with E-state index in [1.54, 1.807) is 24.3 Å². The van der Waals surface area contributed by atoms with E-state index >= 15 is 0 Å². The monoisotopic (exact) mass is 461 g/mol. The molecule has 32 heavy (non-hydrogen) atoms. The number of sulfonamides is 1. The summed E-state index contributed by atoms with van der Waals surface area (Å²) < 4.78 is 40.6. The molecular weight excluding hydrogens is 429 g/mol. The zero-order valence-corrected chi connectivity index (χ0v) is 20.0. The number of benzene rings is 2. The Bertz CT molecular complexity index is 1020. The number of carbonyl (C=O) groups is 1. The number of piperazine rings is 1. The average Bonchev–Trinajstić information content (AvgIpc) is 2.74. The fourth-order valence-corrected chi connectivity index (χ4v) is 5.15. The van der Waals surface area contributed by atoms with Crippen LogP contribution < -0.4 is 5.32 Å². The van der Waals surface area contributed by atoms with Crippen molar-refractivity contribution in [2.75, 3.05) is 32.7 Å². The quantitative estimate of drug-likeness (QED) is 0.717. The third-order valence-electron chi connectivity index (χ3n) is 5.80. The van der Waals surface area contributed by atoms with E-state index < -0.39 is 10.0 Å². The molecule has 0 aromatic heterocycles. The van der Waals surface area contributed by atoms with Gasteiger partial charge in [0.15, 0.2) is 0 Å². The van der Waals surface area contributed by atoms with E-state index in [1.165, 1.54) is 16.4 Å². The molecule has 1 aliphatic rings. The van der Waals surface area contributed by atoms with Crippen LogP contribution in [0.5, 0.6) is 0 Å². The first-order chi connectivity index (χ1) is 15.0. The van der Waals surface area contributed by atoms with Crippen molar-refractivity contribution in [2.24, 2.45) is 0 Å².